The Morgan fingerprint density at radius 1 is 1.26 bits per heavy atom. The summed E-state index contributed by atoms with van der Waals surface area (Å²) in [5.74, 6) is 0.474. The Balaban J connectivity index is 1.73. The second-order valence-corrected chi connectivity index (χ2v) is 5.34. The molecule has 2 atom stereocenters. The predicted molar refractivity (Wildman–Crippen MR) is 77.0 cm³/mol. The molecule has 3 heteroatoms. The Morgan fingerprint density at radius 3 is 3.00 bits per heavy atom. The fraction of sp³-hybridized carbons (Fsp3) is 0.438. The van der Waals surface area contributed by atoms with Crippen LogP contribution < -0.4 is 5.73 Å². The summed E-state index contributed by atoms with van der Waals surface area (Å²) < 4.78 is 5.51. The van der Waals surface area contributed by atoms with Gasteiger partial charge in [0.15, 0.2) is 0 Å². The molecule has 1 aliphatic rings. The molecule has 3 nitrogen and oxygen atoms in total. The molecule has 0 radical (unpaired) electrons. The molecule has 0 aliphatic carbocycles. The second-order valence-electron chi connectivity index (χ2n) is 5.34. The summed E-state index contributed by atoms with van der Waals surface area (Å²) in [5, 5.41) is 1.18. The molecule has 1 saturated heterocycles. The molecule has 19 heavy (non-hydrogen) atoms. The summed E-state index contributed by atoms with van der Waals surface area (Å²) in [7, 11) is 0. The minimum atomic E-state index is 0.147. The van der Waals surface area contributed by atoms with Crippen molar-refractivity contribution < 1.29 is 4.74 Å². The Bertz CT molecular complexity index is 549. The average molecular weight is 256 g/mol. The lowest BCUT2D eigenvalue weighted by molar-refractivity contribution is 0.0449. The SMILES string of the molecule is NC(Cc1ccc2ccccc2n1)C1CCCOC1. The first-order chi connectivity index (χ1) is 9.33. The molecular weight excluding hydrogens is 236 g/mol. The van der Waals surface area contributed by atoms with Crippen LogP contribution in [0.15, 0.2) is 36.4 Å². The van der Waals surface area contributed by atoms with Gasteiger partial charge in [0.25, 0.3) is 0 Å². The van der Waals surface area contributed by atoms with Crippen LogP contribution >= 0.6 is 0 Å². The molecule has 0 spiro atoms. The van der Waals surface area contributed by atoms with Gasteiger partial charge in [-0.05, 0) is 30.9 Å². The number of para-hydroxylation sites is 1. The minimum Gasteiger partial charge on any atom is -0.381 e. The van der Waals surface area contributed by atoms with Crippen molar-refractivity contribution in [1.82, 2.24) is 4.98 Å². The van der Waals surface area contributed by atoms with Crippen LogP contribution in [0.25, 0.3) is 10.9 Å². The fourth-order valence-electron chi connectivity index (χ4n) is 2.73. The number of rotatable bonds is 3. The van der Waals surface area contributed by atoms with E-state index in [9.17, 15) is 0 Å². The van der Waals surface area contributed by atoms with Gasteiger partial charge in [0.2, 0.25) is 0 Å². The zero-order valence-electron chi connectivity index (χ0n) is 11.1. The second kappa shape index (κ2) is 5.68. The smallest absolute Gasteiger partial charge is 0.0705 e. The minimum absolute atomic E-state index is 0.147. The molecule has 1 aromatic carbocycles. The lowest BCUT2D eigenvalue weighted by atomic mass is 9.91. The molecule has 0 amide bonds. The van der Waals surface area contributed by atoms with Crippen LogP contribution in [0.4, 0.5) is 0 Å². The van der Waals surface area contributed by atoms with Crippen molar-refractivity contribution >= 4 is 10.9 Å². The van der Waals surface area contributed by atoms with E-state index in [-0.39, 0.29) is 6.04 Å². The molecule has 1 aliphatic heterocycles. The summed E-state index contributed by atoms with van der Waals surface area (Å²) in [4.78, 5) is 4.69. The fourth-order valence-corrected chi connectivity index (χ4v) is 2.73. The maximum atomic E-state index is 6.30. The van der Waals surface area contributed by atoms with Crippen LogP contribution in [-0.4, -0.2) is 24.2 Å². The molecule has 2 unspecified atom stereocenters. The van der Waals surface area contributed by atoms with Crippen LogP contribution in [0.3, 0.4) is 0 Å². The number of nitrogens with two attached hydrogens (primary N) is 1. The molecule has 3 rings (SSSR count). The van der Waals surface area contributed by atoms with E-state index in [4.69, 9.17) is 10.5 Å². The van der Waals surface area contributed by atoms with Crippen molar-refractivity contribution in [2.75, 3.05) is 13.2 Å². The van der Waals surface area contributed by atoms with Gasteiger partial charge in [-0.3, -0.25) is 4.98 Å². The summed E-state index contributed by atoms with van der Waals surface area (Å²) in [5.41, 5.74) is 8.43. The zero-order valence-corrected chi connectivity index (χ0v) is 11.1. The van der Waals surface area contributed by atoms with Gasteiger partial charge in [-0.15, -0.1) is 0 Å². The zero-order chi connectivity index (χ0) is 13.1. The Kier molecular flexibility index (Phi) is 3.76. The maximum Gasteiger partial charge on any atom is 0.0705 e. The summed E-state index contributed by atoms with van der Waals surface area (Å²) >= 11 is 0. The highest BCUT2D eigenvalue weighted by Crippen LogP contribution is 2.19. The van der Waals surface area contributed by atoms with Crippen LogP contribution in [0.5, 0.6) is 0 Å². The van der Waals surface area contributed by atoms with Gasteiger partial charge in [0, 0.05) is 30.1 Å². The summed E-state index contributed by atoms with van der Waals surface area (Å²) in [6, 6.07) is 12.6. The van der Waals surface area contributed by atoms with E-state index in [0.717, 1.165) is 37.3 Å². The van der Waals surface area contributed by atoms with E-state index in [0.29, 0.717) is 5.92 Å². The highest BCUT2D eigenvalue weighted by Gasteiger charge is 2.21. The normalized spacial score (nSPS) is 21.4. The Labute approximate surface area is 113 Å². The number of hydrogen-bond acceptors (Lipinski definition) is 3. The molecule has 1 fully saturated rings. The summed E-state index contributed by atoms with van der Waals surface area (Å²) in [6.07, 6.45) is 3.14. The first kappa shape index (κ1) is 12.6. The van der Waals surface area contributed by atoms with Gasteiger partial charge < -0.3 is 10.5 Å². The van der Waals surface area contributed by atoms with Crippen molar-refractivity contribution in [3.63, 3.8) is 0 Å². The third kappa shape index (κ3) is 2.94. The number of aromatic nitrogens is 1. The number of nitrogens with zero attached hydrogens (tertiary/aromatic N) is 1. The standard InChI is InChI=1S/C16H20N2O/c17-15(13-5-3-9-19-11-13)10-14-8-7-12-4-1-2-6-16(12)18-14/h1-2,4,6-8,13,15H,3,5,9-11,17H2. The van der Waals surface area contributed by atoms with Crippen molar-refractivity contribution in [3.05, 3.63) is 42.1 Å². The number of pyridine rings is 1. The van der Waals surface area contributed by atoms with E-state index in [1.165, 1.54) is 11.8 Å². The third-order valence-electron chi connectivity index (χ3n) is 3.90. The highest BCUT2D eigenvalue weighted by molar-refractivity contribution is 5.78. The molecule has 2 N–H and O–H groups in total. The van der Waals surface area contributed by atoms with Crippen LogP contribution in [-0.2, 0) is 11.2 Å². The molecule has 2 heterocycles. The van der Waals surface area contributed by atoms with Crippen molar-refractivity contribution in [3.8, 4) is 0 Å². The van der Waals surface area contributed by atoms with Crippen LogP contribution in [0, 0.1) is 5.92 Å². The maximum absolute atomic E-state index is 6.30. The average Bonchev–Trinajstić information content (AvgIpc) is 2.48. The first-order valence-corrected chi connectivity index (χ1v) is 7.01. The molecule has 0 saturated carbocycles. The van der Waals surface area contributed by atoms with Crippen molar-refractivity contribution in [2.45, 2.75) is 25.3 Å². The van der Waals surface area contributed by atoms with Gasteiger partial charge >= 0.3 is 0 Å². The lowest BCUT2D eigenvalue weighted by Crippen LogP contribution is -2.37. The van der Waals surface area contributed by atoms with Gasteiger partial charge in [0.1, 0.15) is 0 Å². The van der Waals surface area contributed by atoms with Crippen LogP contribution in [0.1, 0.15) is 18.5 Å². The van der Waals surface area contributed by atoms with E-state index in [2.05, 4.69) is 23.2 Å². The molecular formula is C16H20N2O. The molecule has 0 bridgehead atoms. The van der Waals surface area contributed by atoms with Gasteiger partial charge in [0.05, 0.1) is 12.1 Å². The number of hydrogen-bond donors (Lipinski definition) is 1. The van der Waals surface area contributed by atoms with Gasteiger partial charge in [-0.2, -0.15) is 0 Å². The van der Waals surface area contributed by atoms with Crippen LogP contribution in [0.2, 0.25) is 0 Å². The topological polar surface area (TPSA) is 48.1 Å². The Morgan fingerprint density at radius 2 is 2.16 bits per heavy atom. The van der Waals surface area contributed by atoms with Gasteiger partial charge in [-0.25, -0.2) is 0 Å². The van der Waals surface area contributed by atoms with E-state index in [1.807, 2.05) is 18.2 Å². The number of fused-ring (bicyclic) bond motifs is 1. The monoisotopic (exact) mass is 256 g/mol. The van der Waals surface area contributed by atoms with E-state index < -0.39 is 0 Å². The van der Waals surface area contributed by atoms with E-state index in [1.54, 1.807) is 0 Å². The summed E-state index contributed by atoms with van der Waals surface area (Å²) in [6.45, 7) is 1.69. The quantitative estimate of drug-likeness (QED) is 0.918. The molecule has 100 valence electrons. The Hall–Kier alpha value is -1.45. The highest BCUT2D eigenvalue weighted by atomic mass is 16.5. The molecule has 1 aromatic heterocycles. The third-order valence-corrected chi connectivity index (χ3v) is 3.90. The number of benzene rings is 1. The van der Waals surface area contributed by atoms with Crippen molar-refractivity contribution in [2.24, 2.45) is 11.7 Å². The van der Waals surface area contributed by atoms with Crippen molar-refractivity contribution in [1.29, 1.82) is 0 Å². The number of ether oxygens (including phenoxy) is 1. The van der Waals surface area contributed by atoms with E-state index >= 15 is 0 Å². The predicted octanol–water partition coefficient (Wildman–Crippen LogP) is 2.53. The first-order valence-electron chi connectivity index (χ1n) is 7.01. The lowest BCUT2D eigenvalue weighted by Gasteiger charge is -2.27. The largest absolute Gasteiger partial charge is 0.381 e. The van der Waals surface area contributed by atoms with Gasteiger partial charge in [-0.1, -0.05) is 24.3 Å². The molecule has 2 aromatic rings.